The Morgan fingerprint density at radius 3 is 2.81 bits per heavy atom. The van der Waals surface area contributed by atoms with E-state index in [0.717, 1.165) is 32.1 Å². The summed E-state index contributed by atoms with van der Waals surface area (Å²) in [5.41, 5.74) is 0. The Kier molecular flexibility index (Phi) is 3.51. The minimum atomic E-state index is 0.342. The maximum absolute atomic E-state index is 5.28. The van der Waals surface area contributed by atoms with Crippen LogP contribution in [0.4, 0.5) is 11.8 Å². The SMILES string of the molecule is CC(C)Nc1cnnc(N2CCOCC2)n1. The van der Waals surface area contributed by atoms with Crippen molar-refractivity contribution in [3.05, 3.63) is 6.20 Å². The van der Waals surface area contributed by atoms with Crippen LogP contribution in [0, 0.1) is 0 Å². The van der Waals surface area contributed by atoms with E-state index < -0.39 is 0 Å². The topological polar surface area (TPSA) is 63.2 Å². The largest absolute Gasteiger partial charge is 0.378 e. The number of nitrogens with zero attached hydrogens (tertiary/aromatic N) is 4. The fourth-order valence-electron chi connectivity index (χ4n) is 1.56. The Bertz CT molecular complexity index is 338. The molecular weight excluding hydrogens is 206 g/mol. The van der Waals surface area contributed by atoms with Gasteiger partial charge in [0, 0.05) is 19.1 Å². The average molecular weight is 223 g/mol. The van der Waals surface area contributed by atoms with E-state index in [1.54, 1.807) is 6.20 Å². The molecule has 0 atom stereocenters. The second-order valence-electron chi connectivity index (χ2n) is 4.04. The highest BCUT2D eigenvalue weighted by molar-refractivity contribution is 5.39. The highest BCUT2D eigenvalue weighted by Crippen LogP contribution is 2.11. The first-order valence-corrected chi connectivity index (χ1v) is 5.54. The summed E-state index contributed by atoms with van der Waals surface area (Å²) in [6, 6.07) is 0.342. The summed E-state index contributed by atoms with van der Waals surface area (Å²) in [7, 11) is 0. The standard InChI is InChI=1S/C10H17N5O/c1-8(2)12-9-7-11-14-10(13-9)15-3-5-16-6-4-15/h7-8H,3-6H2,1-2H3,(H,12,13,14). The lowest BCUT2D eigenvalue weighted by molar-refractivity contribution is 0.122. The van der Waals surface area contributed by atoms with Crippen LogP contribution < -0.4 is 10.2 Å². The molecule has 1 aliphatic rings. The second kappa shape index (κ2) is 5.07. The molecule has 1 N–H and O–H groups in total. The van der Waals surface area contributed by atoms with Gasteiger partial charge in [-0.25, -0.2) is 0 Å². The van der Waals surface area contributed by atoms with Crippen molar-refractivity contribution >= 4 is 11.8 Å². The summed E-state index contributed by atoms with van der Waals surface area (Å²) in [5.74, 6) is 1.44. The van der Waals surface area contributed by atoms with Crippen molar-refractivity contribution in [3.63, 3.8) is 0 Å². The maximum atomic E-state index is 5.28. The summed E-state index contributed by atoms with van der Waals surface area (Å²) in [6.45, 7) is 7.24. The fraction of sp³-hybridized carbons (Fsp3) is 0.700. The summed E-state index contributed by atoms with van der Waals surface area (Å²) in [5, 5.41) is 11.2. The van der Waals surface area contributed by atoms with Crippen molar-refractivity contribution < 1.29 is 4.74 Å². The van der Waals surface area contributed by atoms with Crippen LogP contribution in [0.2, 0.25) is 0 Å². The lowest BCUT2D eigenvalue weighted by Gasteiger charge is -2.26. The maximum Gasteiger partial charge on any atom is 0.247 e. The lowest BCUT2D eigenvalue weighted by Crippen LogP contribution is -2.37. The molecule has 1 saturated heterocycles. The van der Waals surface area contributed by atoms with Gasteiger partial charge in [-0.1, -0.05) is 0 Å². The molecule has 0 unspecified atom stereocenters. The number of ether oxygens (including phenoxy) is 1. The van der Waals surface area contributed by atoms with Gasteiger partial charge in [-0.05, 0) is 13.8 Å². The van der Waals surface area contributed by atoms with Gasteiger partial charge < -0.3 is 15.0 Å². The third-order valence-corrected chi connectivity index (χ3v) is 2.28. The smallest absolute Gasteiger partial charge is 0.247 e. The molecule has 1 aromatic rings. The molecule has 6 heteroatoms. The predicted molar refractivity (Wildman–Crippen MR) is 61.6 cm³/mol. The van der Waals surface area contributed by atoms with Crippen molar-refractivity contribution in [2.75, 3.05) is 36.5 Å². The number of rotatable bonds is 3. The van der Waals surface area contributed by atoms with Crippen LogP contribution in [0.3, 0.4) is 0 Å². The summed E-state index contributed by atoms with van der Waals surface area (Å²) < 4.78 is 5.28. The zero-order chi connectivity index (χ0) is 11.4. The van der Waals surface area contributed by atoms with E-state index in [1.807, 2.05) is 0 Å². The minimum Gasteiger partial charge on any atom is -0.378 e. The third kappa shape index (κ3) is 2.79. The first kappa shape index (κ1) is 11.1. The Hall–Kier alpha value is -1.43. The minimum absolute atomic E-state index is 0.342. The number of hydrogen-bond donors (Lipinski definition) is 1. The molecule has 2 heterocycles. The van der Waals surface area contributed by atoms with Gasteiger partial charge in [0.1, 0.15) is 0 Å². The lowest BCUT2D eigenvalue weighted by atomic mass is 10.4. The first-order chi connectivity index (χ1) is 7.75. The highest BCUT2D eigenvalue weighted by atomic mass is 16.5. The Morgan fingerprint density at radius 1 is 1.38 bits per heavy atom. The Labute approximate surface area is 95.0 Å². The molecule has 0 aliphatic carbocycles. The van der Waals surface area contributed by atoms with Crippen LogP contribution in [-0.4, -0.2) is 47.5 Å². The molecule has 6 nitrogen and oxygen atoms in total. The molecule has 88 valence electrons. The summed E-state index contributed by atoms with van der Waals surface area (Å²) >= 11 is 0. The first-order valence-electron chi connectivity index (χ1n) is 5.54. The van der Waals surface area contributed by atoms with E-state index in [9.17, 15) is 0 Å². The molecule has 0 bridgehead atoms. The van der Waals surface area contributed by atoms with Crippen LogP contribution in [0.5, 0.6) is 0 Å². The quantitative estimate of drug-likeness (QED) is 0.806. The van der Waals surface area contributed by atoms with Gasteiger partial charge in [0.2, 0.25) is 5.95 Å². The number of nitrogens with one attached hydrogen (secondary N) is 1. The van der Waals surface area contributed by atoms with Crippen LogP contribution >= 0.6 is 0 Å². The van der Waals surface area contributed by atoms with Crippen LogP contribution in [-0.2, 0) is 4.74 Å². The second-order valence-corrected chi connectivity index (χ2v) is 4.04. The summed E-state index contributed by atoms with van der Waals surface area (Å²) in [4.78, 5) is 6.51. The third-order valence-electron chi connectivity index (χ3n) is 2.28. The van der Waals surface area contributed by atoms with E-state index in [-0.39, 0.29) is 0 Å². The zero-order valence-corrected chi connectivity index (χ0v) is 9.68. The number of anilines is 2. The van der Waals surface area contributed by atoms with E-state index in [0.29, 0.717) is 12.0 Å². The number of hydrogen-bond acceptors (Lipinski definition) is 6. The van der Waals surface area contributed by atoms with E-state index in [1.165, 1.54) is 0 Å². The Morgan fingerprint density at radius 2 is 2.12 bits per heavy atom. The predicted octanol–water partition coefficient (Wildman–Crippen LogP) is 0.528. The number of morpholine rings is 1. The molecule has 0 saturated carbocycles. The molecule has 1 fully saturated rings. The normalized spacial score (nSPS) is 16.6. The van der Waals surface area contributed by atoms with Gasteiger partial charge in [0.15, 0.2) is 5.82 Å². The van der Waals surface area contributed by atoms with Crippen molar-refractivity contribution in [1.29, 1.82) is 0 Å². The van der Waals surface area contributed by atoms with Gasteiger partial charge in [-0.2, -0.15) is 10.1 Å². The van der Waals surface area contributed by atoms with Crippen LogP contribution in [0.15, 0.2) is 6.20 Å². The van der Waals surface area contributed by atoms with Gasteiger partial charge in [0.25, 0.3) is 0 Å². The molecular formula is C10H17N5O. The average Bonchev–Trinajstić information content (AvgIpc) is 2.30. The molecule has 0 amide bonds. The summed E-state index contributed by atoms with van der Waals surface area (Å²) in [6.07, 6.45) is 1.64. The van der Waals surface area contributed by atoms with Crippen molar-refractivity contribution in [1.82, 2.24) is 15.2 Å². The van der Waals surface area contributed by atoms with Crippen LogP contribution in [0.1, 0.15) is 13.8 Å². The molecule has 2 rings (SSSR count). The van der Waals surface area contributed by atoms with E-state index >= 15 is 0 Å². The van der Waals surface area contributed by atoms with E-state index in [4.69, 9.17) is 4.74 Å². The molecule has 1 aromatic heterocycles. The zero-order valence-electron chi connectivity index (χ0n) is 9.68. The molecule has 1 aliphatic heterocycles. The van der Waals surface area contributed by atoms with Gasteiger partial charge in [-0.3, -0.25) is 0 Å². The van der Waals surface area contributed by atoms with E-state index in [2.05, 4.69) is 39.2 Å². The number of aromatic nitrogens is 3. The van der Waals surface area contributed by atoms with Crippen molar-refractivity contribution in [2.45, 2.75) is 19.9 Å². The Balaban J connectivity index is 2.08. The monoisotopic (exact) mass is 223 g/mol. The van der Waals surface area contributed by atoms with Gasteiger partial charge in [0.05, 0.1) is 19.4 Å². The highest BCUT2D eigenvalue weighted by Gasteiger charge is 2.14. The van der Waals surface area contributed by atoms with Gasteiger partial charge >= 0.3 is 0 Å². The molecule has 0 radical (unpaired) electrons. The molecule has 0 spiro atoms. The van der Waals surface area contributed by atoms with Crippen molar-refractivity contribution in [3.8, 4) is 0 Å². The molecule has 0 aromatic carbocycles. The van der Waals surface area contributed by atoms with Crippen molar-refractivity contribution in [2.24, 2.45) is 0 Å². The van der Waals surface area contributed by atoms with Crippen LogP contribution in [0.25, 0.3) is 0 Å². The fourth-order valence-corrected chi connectivity index (χ4v) is 1.56. The van der Waals surface area contributed by atoms with Gasteiger partial charge in [-0.15, -0.1) is 5.10 Å². The molecule has 16 heavy (non-hydrogen) atoms.